The molecule has 1 rings (SSSR count). The molecule has 1 aromatic rings. The molecule has 2 heteroatoms. The first-order chi connectivity index (χ1) is 6.09. The van der Waals surface area contributed by atoms with Gasteiger partial charge in [0.05, 0.1) is 0 Å². The van der Waals surface area contributed by atoms with E-state index in [-0.39, 0.29) is 0 Å². The lowest BCUT2D eigenvalue weighted by atomic mass is 10.2. The van der Waals surface area contributed by atoms with Gasteiger partial charge < -0.3 is 0 Å². The second kappa shape index (κ2) is 4.73. The van der Waals surface area contributed by atoms with Gasteiger partial charge in [0.1, 0.15) is 0 Å². The van der Waals surface area contributed by atoms with Crippen molar-refractivity contribution in [1.29, 1.82) is 0 Å². The Morgan fingerprint density at radius 3 is 2.69 bits per heavy atom. The highest BCUT2D eigenvalue weighted by Gasteiger charge is 1.99. The number of benzene rings is 1. The first-order valence-electron chi connectivity index (χ1n) is 4.13. The van der Waals surface area contributed by atoms with Crippen molar-refractivity contribution in [3.05, 3.63) is 40.9 Å². The number of hydrogen-bond acceptors (Lipinski definition) is 1. The Bertz CT molecular complexity index is 318. The van der Waals surface area contributed by atoms with Crippen LogP contribution in [-0.2, 0) is 0 Å². The Morgan fingerprint density at radius 2 is 2.15 bits per heavy atom. The van der Waals surface area contributed by atoms with Crippen LogP contribution in [0.15, 0.2) is 34.7 Å². The fourth-order valence-corrected chi connectivity index (χ4v) is 2.04. The summed E-state index contributed by atoms with van der Waals surface area (Å²) in [5, 5.41) is 0.699. The molecule has 13 heavy (non-hydrogen) atoms. The van der Waals surface area contributed by atoms with Crippen molar-refractivity contribution in [2.45, 2.75) is 18.7 Å². The minimum atomic E-state index is 0.699. The van der Waals surface area contributed by atoms with Crippen molar-refractivity contribution in [1.82, 2.24) is 0 Å². The summed E-state index contributed by atoms with van der Waals surface area (Å²) in [7, 11) is 0. The summed E-state index contributed by atoms with van der Waals surface area (Å²) < 4.78 is 0. The lowest BCUT2D eigenvalue weighted by Gasteiger charge is -2.05. The zero-order chi connectivity index (χ0) is 9.84. The smallest absolute Gasteiger partial charge is 0.0334 e. The molecule has 0 aromatic heterocycles. The minimum Gasteiger partial charge on any atom is -0.120 e. The van der Waals surface area contributed by atoms with E-state index in [2.05, 4.69) is 38.6 Å². The number of hydrogen-bond donors (Lipinski definition) is 0. The van der Waals surface area contributed by atoms with Gasteiger partial charge >= 0.3 is 0 Å². The first-order valence-corrected chi connectivity index (χ1v) is 5.49. The molecule has 0 aliphatic carbocycles. The highest BCUT2D eigenvalue weighted by atomic mass is 35.5. The normalized spacial score (nSPS) is 10.1. The molecule has 0 nitrogen and oxygen atoms in total. The Balaban J connectivity index is 2.72. The lowest BCUT2D eigenvalue weighted by molar-refractivity contribution is 1.26. The van der Waals surface area contributed by atoms with Gasteiger partial charge in [-0.2, -0.15) is 0 Å². The molecule has 0 N–H and O–H groups in total. The van der Waals surface area contributed by atoms with E-state index in [9.17, 15) is 0 Å². The molecule has 0 heterocycles. The van der Waals surface area contributed by atoms with Gasteiger partial charge in [-0.3, -0.25) is 0 Å². The highest BCUT2D eigenvalue weighted by Crippen LogP contribution is 2.25. The van der Waals surface area contributed by atoms with Gasteiger partial charge in [-0.15, -0.1) is 11.8 Å². The van der Waals surface area contributed by atoms with E-state index in [1.54, 1.807) is 11.8 Å². The predicted molar refractivity (Wildman–Crippen MR) is 61.6 cm³/mol. The molecule has 0 fully saturated rings. The second-order valence-corrected chi connectivity index (χ2v) is 4.63. The Kier molecular flexibility index (Phi) is 3.89. The molecule has 0 amide bonds. The van der Waals surface area contributed by atoms with E-state index in [1.807, 2.05) is 0 Å². The second-order valence-electron chi connectivity index (χ2n) is 3.07. The maximum absolute atomic E-state index is 5.70. The van der Waals surface area contributed by atoms with Crippen LogP contribution in [0.5, 0.6) is 0 Å². The van der Waals surface area contributed by atoms with Crippen LogP contribution in [0.1, 0.15) is 11.1 Å². The van der Waals surface area contributed by atoms with Crippen LogP contribution in [0.4, 0.5) is 0 Å². The fourth-order valence-electron chi connectivity index (χ4n) is 1.12. The molecule has 70 valence electrons. The summed E-state index contributed by atoms with van der Waals surface area (Å²) in [6.45, 7) is 7.88. The topological polar surface area (TPSA) is 0 Å². The Labute approximate surface area is 89.0 Å². The standard InChI is InChI=1S/C11H13ClS/c1-8-4-5-11(9(2)6-8)13-7-10(3)12/h4-6H,3,7H2,1-2H3. The van der Waals surface area contributed by atoms with Crippen molar-refractivity contribution in [3.63, 3.8) is 0 Å². The molecule has 0 atom stereocenters. The average Bonchev–Trinajstić information content (AvgIpc) is 2.02. The van der Waals surface area contributed by atoms with Crippen molar-refractivity contribution < 1.29 is 0 Å². The van der Waals surface area contributed by atoms with Gasteiger partial charge in [-0.05, 0) is 25.5 Å². The van der Waals surface area contributed by atoms with Crippen LogP contribution in [-0.4, -0.2) is 5.75 Å². The Hall–Kier alpha value is -0.400. The first kappa shape index (κ1) is 10.7. The van der Waals surface area contributed by atoms with E-state index in [0.717, 1.165) is 5.75 Å². The summed E-state index contributed by atoms with van der Waals surface area (Å²) in [5.41, 5.74) is 2.61. The molecule has 0 radical (unpaired) electrons. The van der Waals surface area contributed by atoms with E-state index < -0.39 is 0 Å². The molecular formula is C11H13ClS. The third kappa shape index (κ3) is 3.45. The molecule has 0 saturated heterocycles. The summed E-state index contributed by atoms with van der Waals surface area (Å²) in [4.78, 5) is 1.28. The Morgan fingerprint density at radius 1 is 1.46 bits per heavy atom. The van der Waals surface area contributed by atoms with Gasteiger partial charge in [0.15, 0.2) is 0 Å². The zero-order valence-corrected chi connectivity index (χ0v) is 9.50. The van der Waals surface area contributed by atoms with E-state index in [0.29, 0.717) is 5.03 Å². The van der Waals surface area contributed by atoms with E-state index in [1.165, 1.54) is 16.0 Å². The number of thioether (sulfide) groups is 1. The summed E-state index contributed by atoms with van der Waals surface area (Å²) in [6, 6.07) is 6.43. The number of aryl methyl sites for hydroxylation is 2. The molecule has 0 aliphatic rings. The average molecular weight is 213 g/mol. The molecule has 0 aliphatic heterocycles. The van der Waals surface area contributed by atoms with Gasteiger partial charge in [0, 0.05) is 15.7 Å². The van der Waals surface area contributed by atoms with E-state index in [4.69, 9.17) is 11.6 Å². The molecule has 0 unspecified atom stereocenters. The van der Waals surface area contributed by atoms with Crippen molar-refractivity contribution in [2.24, 2.45) is 0 Å². The maximum Gasteiger partial charge on any atom is 0.0334 e. The van der Waals surface area contributed by atoms with Crippen molar-refractivity contribution in [2.75, 3.05) is 5.75 Å². The lowest BCUT2D eigenvalue weighted by Crippen LogP contribution is -1.83. The SMILES string of the molecule is C=C(Cl)CSc1ccc(C)cc1C. The van der Waals surface area contributed by atoms with Crippen LogP contribution < -0.4 is 0 Å². The van der Waals surface area contributed by atoms with Gasteiger partial charge in [0.25, 0.3) is 0 Å². The summed E-state index contributed by atoms with van der Waals surface area (Å²) in [5.74, 6) is 0.783. The summed E-state index contributed by atoms with van der Waals surface area (Å²) >= 11 is 7.43. The number of halogens is 1. The van der Waals surface area contributed by atoms with Gasteiger partial charge in [-0.1, -0.05) is 35.9 Å². The zero-order valence-electron chi connectivity index (χ0n) is 7.93. The molecule has 0 spiro atoms. The fraction of sp³-hybridized carbons (Fsp3) is 0.273. The summed E-state index contributed by atoms with van der Waals surface area (Å²) in [6.07, 6.45) is 0. The van der Waals surface area contributed by atoms with Crippen molar-refractivity contribution >= 4 is 23.4 Å². The maximum atomic E-state index is 5.70. The van der Waals surface area contributed by atoms with Crippen LogP contribution in [0.2, 0.25) is 0 Å². The van der Waals surface area contributed by atoms with Gasteiger partial charge in [0.2, 0.25) is 0 Å². The third-order valence-corrected chi connectivity index (χ3v) is 3.27. The molecule has 1 aromatic carbocycles. The quantitative estimate of drug-likeness (QED) is 0.679. The van der Waals surface area contributed by atoms with Crippen LogP contribution in [0, 0.1) is 13.8 Å². The number of rotatable bonds is 3. The molecule has 0 bridgehead atoms. The van der Waals surface area contributed by atoms with Crippen LogP contribution in [0.3, 0.4) is 0 Å². The van der Waals surface area contributed by atoms with E-state index >= 15 is 0 Å². The highest BCUT2D eigenvalue weighted by molar-refractivity contribution is 7.99. The third-order valence-electron chi connectivity index (χ3n) is 1.71. The van der Waals surface area contributed by atoms with Crippen LogP contribution in [0.25, 0.3) is 0 Å². The molecule has 0 saturated carbocycles. The predicted octanol–water partition coefficient (Wildman–Crippen LogP) is 4.15. The molecular weight excluding hydrogens is 200 g/mol. The van der Waals surface area contributed by atoms with Crippen LogP contribution >= 0.6 is 23.4 Å². The minimum absolute atomic E-state index is 0.699. The van der Waals surface area contributed by atoms with Crippen molar-refractivity contribution in [3.8, 4) is 0 Å². The monoisotopic (exact) mass is 212 g/mol. The van der Waals surface area contributed by atoms with Gasteiger partial charge in [-0.25, -0.2) is 0 Å². The largest absolute Gasteiger partial charge is 0.120 e.